The highest BCUT2D eigenvalue weighted by Crippen LogP contribution is 2.32. The van der Waals surface area contributed by atoms with E-state index in [0.29, 0.717) is 20.5 Å². The van der Waals surface area contributed by atoms with Crippen LogP contribution in [0.3, 0.4) is 0 Å². The van der Waals surface area contributed by atoms with Crippen molar-refractivity contribution in [2.45, 2.75) is 45.0 Å². The maximum Gasteiger partial charge on any atom is 0.267 e. The molecule has 3 aromatic heterocycles. The third-order valence-electron chi connectivity index (χ3n) is 5.09. The van der Waals surface area contributed by atoms with Crippen LogP contribution in [0.15, 0.2) is 39.7 Å². The number of carbonyl (C=O) groups excluding carboxylic acids is 1. The highest BCUT2D eigenvalue weighted by molar-refractivity contribution is 8.00. The summed E-state index contributed by atoms with van der Waals surface area (Å²) in [5.74, 6) is -0.180. The van der Waals surface area contributed by atoms with E-state index < -0.39 is 5.25 Å². The van der Waals surface area contributed by atoms with E-state index in [4.69, 9.17) is 4.98 Å². The zero-order chi connectivity index (χ0) is 22.3. The van der Waals surface area contributed by atoms with E-state index in [0.717, 1.165) is 27.3 Å². The number of fused-ring (bicyclic) bond motifs is 1. The van der Waals surface area contributed by atoms with Gasteiger partial charge in [0.25, 0.3) is 5.56 Å². The molecule has 0 aliphatic heterocycles. The largest absolute Gasteiger partial charge is 0.301 e. The summed E-state index contributed by atoms with van der Waals surface area (Å²) in [6, 6.07) is 6.01. The Hall–Kier alpha value is -2.49. The minimum Gasteiger partial charge on any atom is -0.301 e. The van der Waals surface area contributed by atoms with E-state index >= 15 is 0 Å². The second kappa shape index (κ2) is 8.57. The molecule has 0 fully saturated rings. The van der Waals surface area contributed by atoms with Gasteiger partial charge in [0.2, 0.25) is 5.91 Å². The van der Waals surface area contributed by atoms with Crippen molar-refractivity contribution in [1.82, 2.24) is 14.5 Å². The Balaban J connectivity index is 1.84. The molecule has 31 heavy (non-hydrogen) atoms. The molecule has 1 N–H and O–H groups in total. The molecule has 1 atom stereocenters. The molecule has 6 nitrogen and oxygen atoms in total. The zero-order valence-electron chi connectivity index (χ0n) is 17.8. The van der Waals surface area contributed by atoms with Crippen molar-refractivity contribution in [3.05, 3.63) is 61.7 Å². The monoisotopic (exact) mass is 470 g/mol. The zero-order valence-corrected chi connectivity index (χ0v) is 20.3. The summed E-state index contributed by atoms with van der Waals surface area (Å²) in [6.07, 6.45) is 1.65. The molecule has 1 amide bonds. The molecule has 0 radical (unpaired) electrons. The van der Waals surface area contributed by atoms with Gasteiger partial charge < -0.3 is 5.32 Å². The lowest BCUT2D eigenvalue weighted by molar-refractivity contribution is -0.115. The Morgan fingerprint density at radius 2 is 2.00 bits per heavy atom. The number of aryl methyl sites for hydroxylation is 4. The summed E-state index contributed by atoms with van der Waals surface area (Å²) in [4.78, 5) is 37.1. The lowest BCUT2D eigenvalue weighted by Crippen LogP contribution is -2.26. The van der Waals surface area contributed by atoms with E-state index in [2.05, 4.69) is 10.3 Å². The molecule has 0 spiro atoms. The fraction of sp³-hybridized carbons (Fsp3) is 0.273. The molecular formula is C22H22N4O2S3. The summed E-state index contributed by atoms with van der Waals surface area (Å²) >= 11 is 4.15. The van der Waals surface area contributed by atoms with Gasteiger partial charge in [-0.05, 0) is 57.4 Å². The van der Waals surface area contributed by atoms with Gasteiger partial charge in [-0.3, -0.25) is 14.2 Å². The number of nitrogens with zero attached hydrogens (tertiary/aromatic N) is 3. The van der Waals surface area contributed by atoms with Crippen molar-refractivity contribution >= 4 is 55.7 Å². The standard InChI is InChI=1S/C22H22N4O2S3/c1-11-6-7-12(2)16(10-11)26-20(28)17-13(3)14(4)30-19(17)25-22(26)31-15(5)18(27)24-21-23-8-9-29-21/h6-10,15H,1-5H3,(H,23,24,27). The Labute approximate surface area is 192 Å². The van der Waals surface area contributed by atoms with Gasteiger partial charge in [0.1, 0.15) is 4.83 Å². The lowest BCUT2D eigenvalue weighted by atomic mass is 10.1. The van der Waals surface area contributed by atoms with Gasteiger partial charge in [-0.25, -0.2) is 9.97 Å². The molecule has 0 aliphatic carbocycles. The normalized spacial score (nSPS) is 12.3. The molecular weight excluding hydrogens is 448 g/mol. The summed E-state index contributed by atoms with van der Waals surface area (Å²) in [5.41, 5.74) is 3.67. The van der Waals surface area contributed by atoms with Crippen LogP contribution in [0.2, 0.25) is 0 Å². The number of nitrogens with one attached hydrogen (secondary N) is 1. The topological polar surface area (TPSA) is 76.9 Å². The van der Waals surface area contributed by atoms with Gasteiger partial charge in [-0.15, -0.1) is 22.7 Å². The number of thioether (sulfide) groups is 1. The highest BCUT2D eigenvalue weighted by Gasteiger charge is 2.23. The fourth-order valence-corrected chi connectivity index (χ4v) is 5.75. The smallest absolute Gasteiger partial charge is 0.267 e. The summed E-state index contributed by atoms with van der Waals surface area (Å²) < 4.78 is 1.65. The van der Waals surface area contributed by atoms with Crippen LogP contribution in [0.4, 0.5) is 5.13 Å². The number of thiophene rings is 1. The molecule has 0 aliphatic rings. The fourth-order valence-electron chi connectivity index (χ4n) is 3.23. The van der Waals surface area contributed by atoms with Gasteiger partial charge in [0, 0.05) is 16.5 Å². The van der Waals surface area contributed by atoms with E-state index in [1.165, 1.54) is 34.4 Å². The number of aromatic nitrogens is 3. The second-order valence-corrected chi connectivity index (χ2v) is 10.8. The third-order valence-corrected chi connectivity index (χ3v) is 7.93. The SMILES string of the molecule is Cc1ccc(C)c(-n2c(SC(C)C(=O)Nc3nccs3)nc3sc(C)c(C)c3c2=O)c1. The van der Waals surface area contributed by atoms with Crippen LogP contribution < -0.4 is 10.9 Å². The molecule has 160 valence electrons. The summed E-state index contributed by atoms with van der Waals surface area (Å²) in [6.45, 7) is 9.74. The number of carbonyl (C=O) groups is 1. The summed E-state index contributed by atoms with van der Waals surface area (Å²) in [5, 5.41) is 5.87. The first kappa shape index (κ1) is 21.7. The first-order valence-corrected chi connectivity index (χ1v) is 12.3. The third kappa shape index (κ3) is 4.17. The Morgan fingerprint density at radius 3 is 2.71 bits per heavy atom. The molecule has 3 heterocycles. The molecule has 0 saturated carbocycles. The Morgan fingerprint density at radius 1 is 1.23 bits per heavy atom. The number of benzene rings is 1. The van der Waals surface area contributed by atoms with Crippen LogP contribution in [-0.2, 0) is 4.79 Å². The summed E-state index contributed by atoms with van der Waals surface area (Å²) in [7, 11) is 0. The van der Waals surface area contributed by atoms with Gasteiger partial charge in [0.15, 0.2) is 10.3 Å². The maximum atomic E-state index is 13.7. The maximum absolute atomic E-state index is 13.7. The van der Waals surface area contributed by atoms with E-state index in [1.54, 1.807) is 10.8 Å². The van der Waals surface area contributed by atoms with Crippen molar-refractivity contribution in [2.24, 2.45) is 0 Å². The van der Waals surface area contributed by atoms with E-state index in [9.17, 15) is 9.59 Å². The van der Waals surface area contributed by atoms with Crippen molar-refractivity contribution in [2.75, 3.05) is 5.32 Å². The minimum absolute atomic E-state index is 0.101. The van der Waals surface area contributed by atoms with Gasteiger partial charge in [0.05, 0.1) is 16.3 Å². The molecule has 0 saturated heterocycles. The van der Waals surface area contributed by atoms with Crippen molar-refractivity contribution in [1.29, 1.82) is 0 Å². The average Bonchev–Trinajstić information content (AvgIpc) is 3.32. The number of hydrogen-bond acceptors (Lipinski definition) is 7. The van der Waals surface area contributed by atoms with E-state index in [1.807, 2.05) is 58.2 Å². The average molecular weight is 471 g/mol. The molecule has 1 aromatic carbocycles. The Kier molecular flexibility index (Phi) is 6.00. The Bertz CT molecular complexity index is 1340. The molecule has 4 rings (SSSR count). The van der Waals surface area contributed by atoms with Crippen LogP contribution in [0, 0.1) is 27.7 Å². The van der Waals surface area contributed by atoms with Crippen LogP contribution >= 0.6 is 34.4 Å². The number of hydrogen-bond donors (Lipinski definition) is 1. The second-order valence-electron chi connectivity index (χ2n) is 7.37. The van der Waals surface area contributed by atoms with Crippen molar-refractivity contribution in [3.8, 4) is 5.69 Å². The van der Waals surface area contributed by atoms with Crippen molar-refractivity contribution in [3.63, 3.8) is 0 Å². The van der Waals surface area contributed by atoms with Gasteiger partial charge >= 0.3 is 0 Å². The number of anilines is 1. The van der Waals surface area contributed by atoms with Crippen LogP contribution in [0.5, 0.6) is 0 Å². The van der Waals surface area contributed by atoms with Gasteiger partial charge in [-0.2, -0.15) is 0 Å². The lowest BCUT2D eigenvalue weighted by Gasteiger charge is -2.17. The molecule has 1 unspecified atom stereocenters. The minimum atomic E-state index is -0.466. The van der Waals surface area contributed by atoms with E-state index in [-0.39, 0.29) is 11.5 Å². The predicted molar refractivity (Wildman–Crippen MR) is 130 cm³/mol. The number of thiazole rings is 1. The van der Waals surface area contributed by atoms with Crippen molar-refractivity contribution < 1.29 is 4.79 Å². The molecule has 9 heteroatoms. The first-order chi connectivity index (χ1) is 14.8. The number of rotatable bonds is 5. The molecule has 4 aromatic rings. The highest BCUT2D eigenvalue weighted by atomic mass is 32.2. The van der Waals surface area contributed by atoms with Gasteiger partial charge in [-0.1, -0.05) is 23.9 Å². The number of amides is 1. The molecule has 0 bridgehead atoms. The quantitative estimate of drug-likeness (QED) is 0.318. The van der Waals surface area contributed by atoms with Crippen LogP contribution in [-0.4, -0.2) is 25.7 Å². The predicted octanol–water partition coefficient (Wildman–Crippen LogP) is 5.26. The van der Waals surface area contributed by atoms with Crippen LogP contribution in [0.25, 0.3) is 15.9 Å². The van der Waals surface area contributed by atoms with Crippen LogP contribution in [0.1, 0.15) is 28.5 Å². The first-order valence-electron chi connectivity index (χ1n) is 9.73.